The second-order valence-corrected chi connectivity index (χ2v) is 6.53. The fourth-order valence-electron chi connectivity index (χ4n) is 2.71. The van der Waals surface area contributed by atoms with E-state index < -0.39 is 29.0 Å². The minimum atomic E-state index is -1.75. The van der Waals surface area contributed by atoms with E-state index in [1.807, 2.05) is 0 Å². The molecule has 1 aromatic carbocycles. The normalized spacial score (nSPS) is 19.0. The molecule has 0 unspecified atom stereocenters. The number of hydrogen-bond acceptors (Lipinski definition) is 4. The average molecular weight is 389 g/mol. The van der Waals surface area contributed by atoms with Crippen molar-refractivity contribution in [3.8, 4) is 23.1 Å². The van der Waals surface area contributed by atoms with E-state index >= 15 is 0 Å². The molecule has 0 bridgehead atoms. The maximum atomic E-state index is 14.2. The lowest BCUT2D eigenvalue weighted by Gasteiger charge is -2.13. The molecule has 0 radical (unpaired) electrons. The number of carbonyl (C=O) groups excluding carboxylic acids is 1. The first-order valence-electron chi connectivity index (χ1n) is 7.92. The number of pyridine rings is 1. The number of carbonyl (C=O) groups is 2. The zero-order chi connectivity index (χ0) is 19.8. The van der Waals surface area contributed by atoms with Crippen molar-refractivity contribution in [2.24, 2.45) is 0 Å². The number of amides is 1. The maximum Gasteiger partial charge on any atom is 0.356 e. The molecule has 0 saturated carbocycles. The fourth-order valence-corrected chi connectivity index (χ4v) is 2.93. The number of rotatable bonds is 2. The summed E-state index contributed by atoms with van der Waals surface area (Å²) in [5.41, 5.74) is -1.68. The van der Waals surface area contributed by atoms with E-state index in [0.717, 1.165) is 6.07 Å². The standard InChI is InChI=1S/C19H14ClFN2O4/c1-23-8-7-19(27,18(23)26)6-5-11-3-2-4-12(9-11)15-14(21)10-13(20)16(22-15)17(24)25/h2-4,9-10,27H,7-8H2,1H3,(H,24,25)/t19-/m0/s1. The summed E-state index contributed by atoms with van der Waals surface area (Å²) in [6.45, 7) is 0.405. The molecule has 8 heteroatoms. The average Bonchev–Trinajstić information content (AvgIpc) is 2.88. The van der Waals surface area contributed by atoms with Gasteiger partial charge in [0.15, 0.2) is 11.5 Å². The summed E-state index contributed by atoms with van der Waals surface area (Å²) in [5, 5.41) is 19.1. The van der Waals surface area contributed by atoms with Gasteiger partial charge in [0.05, 0.1) is 5.02 Å². The third kappa shape index (κ3) is 3.63. The molecule has 138 valence electrons. The Bertz CT molecular complexity index is 1010. The molecule has 2 aromatic rings. The van der Waals surface area contributed by atoms with E-state index in [4.69, 9.17) is 16.7 Å². The van der Waals surface area contributed by atoms with Gasteiger partial charge in [-0.15, -0.1) is 0 Å². The van der Waals surface area contributed by atoms with Gasteiger partial charge in [-0.1, -0.05) is 35.6 Å². The van der Waals surface area contributed by atoms with E-state index in [9.17, 15) is 19.1 Å². The SMILES string of the molecule is CN1CC[C@@](O)(C#Cc2cccc(-c3nc(C(=O)O)c(Cl)cc3F)c2)C1=O. The molecular formula is C19H14ClFN2O4. The van der Waals surface area contributed by atoms with Gasteiger partial charge in [-0.05, 0) is 18.2 Å². The molecule has 1 amide bonds. The van der Waals surface area contributed by atoms with E-state index in [1.54, 1.807) is 25.2 Å². The first-order valence-corrected chi connectivity index (χ1v) is 8.30. The van der Waals surface area contributed by atoms with Gasteiger partial charge < -0.3 is 15.1 Å². The van der Waals surface area contributed by atoms with Crippen LogP contribution in [0.3, 0.4) is 0 Å². The topological polar surface area (TPSA) is 90.7 Å². The first-order chi connectivity index (χ1) is 12.7. The lowest BCUT2D eigenvalue weighted by Crippen LogP contribution is -2.37. The molecule has 2 N–H and O–H groups in total. The van der Waals surface area contributed by atoms with Crippen LogP contribution in [0.15, 0.2) is 30.3 Å². The third-order valence-electron chi connectivity index (χ3n) is 4.19. The molecule has 1 aliphatic heterocycles. The zero-order valence-electron chi connectivity index (χ0n) is 14.2. The molecule has 1 fully saturated rings. The number of benzene rings is 1. The lowest BCUT2D eigenvalue weighted by molar-refractivity contribution is -0.137. The molecule has 1 aromatic heterocycles. The van der Waals surface area contributed by atoms with Gasteiger partial charge in [0.2, 0.25) is 5.60 Å². The number of likely N-dealkylation sites (tertiary alicyclic amines) is 1. The van der Waals surface area contributed by atoms with E-state index in [2.05, 4.69) is 16.8 Å². The molecule has 1 saturated heterocycles. The van der Waals surface area contributed by atoms with Crippen molar-refractivity contribution in [2.75, 3.05) is 13.6 Å². The number of aromatic carboxylic acids is 1. The van der Waals surface area contributed by atoms with Crippen LogP contribution >= 0.6 is 11.6 Å². The number of carboxylic acids is 1. The van der Waals surface area contributed by atoms with Crippen LogP contribution in [-0.4, -0.2) is 51.2 Å². The molecule has 1 atom stereocenters. The number of halogens is 2. The van der Waals surface area contributed by atoms with Gasteiger partial charge in [0, 0.05) is 31.1 Å². The van der Waals surface area contributed by atoms with Crippen LogP contribution in [0.25, 0.3) is 11.3 Å². The molecule has 6 nitrogen and oxygen atoms in total. The molecule has 2 heterocycles. The van der Waals surface area contributed by atoms with Gasteiger partial charge in [-0.25, -0.2) is 14.2 Å². The summed E-state index contributed by atoms with van der Waals surface area (Å²) in [6, 6.07) is 7.13. The largest absolute Gasteiger partial charge is 0.476 e. The van der Waals surface area contributed by atoms with Crippen molar-refractivity contribution in [3.63, 3.8) is 0 Å². The highest BCUT2D eigenvalue weighted by molar-refractivity contribution is 6.33. The van der Waals surface area contributed by atoms with Crippen LogP contribution in [-0.2, 0) is 4.79 Å². The van der Waals surface area contributed by atoms with Crippen LogP contribution in [0.4, 0.5) is 4.39 Å². The Labute approximate surface area is 159 Å². The van der Waals surface area contributed by atoms with Crippen LogP contribution in [0.2, 0.25) is 5.02 Å². The van der Waals surface area contributed by atoms with Gasteiger partial charge >= 0.3 is 5.97 Å². The highest BCUT2D eigenvalue weighted by Gasteiger charge is 2.42. The van der Waals surface area contributed by atoms with Crippen molar-refractivity contribution >= 4 is 23.5 Å². The molecule has 0 aliphatic carbocycles. The van der Waals surface area contributed by atoms with Gasteiger partial charge in [-0.3, -0.25) is 4.79 Å². The van der Waals surface area contributed by atoms with Gasteiger partial charge in [0.25, 0.3) is 5.91 Å². The number of nitrogens with zero attached hydrogens (tertiary/aromatic N) is 2. The molecule has 0 spiro atoms. The second-order valence-electron chi connectivity index (χ2n) is 6.12. The number of aromatic nitrogens is 1. The second kappa shape index (κ2) is 6.99. The monoisotopic (exact) mass is 388 g/mol. The van der Waals surface area contributed by atoms with Crippen molar-refractivity contribution in [2.45, 2.75) is 12.0 Å². The third-order valence-corrected chi connectivity index (χ3v) is 4.48. The fraction of sp³-hybridized carbons (Fsp3) is 0.211. The van der Waals surface area contributed by atoms with E-state index in [0.29, 0.717) is 17.7 Å². The van der Waals surface area contributed by atoms with Gasteiger partial charge in [-0.2, -0.15) is 0 Å². The van der Waals surface area contributed by atoms with Crippen LogP contribution < -0.4 is 0 Å². The highest BCUT2D eigenvalue weighted by atomic mass is 35.5. The Hall–Kier alpha value is -2.95. The molecule has 3 rings (SSSR count). The zero-order valence-corrected chi connectivity index (χ0v) is 14.9. The van der Waals surface area contributed by atoms with Crippen molar-refractivity contribution in [1.29, 1.82) is 0 Å². The van der Waals surface area contributed by atoms with Crippen LogP contribution in [0, 0.1) is 17.7 Å². The molecule has 27 heavy (non-hydrogen) atoms. The van der Waals surface area contributed by atoms with Gasteiger partial charge in [0.1, 0.15) is 5.69 Å². The van der Waals surface area contributed by atoms with Crippen molar-refractivity contribution in [1.82, 2.24) is 9.88 Å². The molecular weight excluding hydrogens is 375 g/mol. The summed E-state index contributed by atoms with van der Waals surface area (Å²) >= 11 is 5.71. The smallest absolute Gasteiger partial charge is 0.356 e. The van der Waals surface area contributed by atoms with Crippen LogP contribution in [0.1, 0.15) is 22.5 Å². The minimum Gasteiger partial charge on any atom is -0.476 e. The quantitative estimate of drug-likeness (QED) is 0.769. The van der Waals surface area contributed by atoms with Crippen molar-refractivity contribution in [3.05, 3.63) is 52.4 Å². The van der Waals surface area contributed by atoms with E-state index in [-0.39, 0.29) is 17.1 Å². The van der Waals surface area contributed by atoms with Crippen LogP contribution in [0.5, 0.6) is 0 Å². The van der Waals surface area contributed by atoms with E-state index in [1.165, 1.54) is 11.0 Å². The predicted octanol–water partition coefficient (Wildman–Crippen LogP) is 2.18. The Balaban J connectivity index is 1.99. The Kier molecular flexibility index (Phi) is 4.87. The minimum absolute atomic E-state index is 0.184. The number of hydrogen-bond donors (Lipinski definition) is 2. The predicted molar refractivity (Wildman–Crippen MR) is 95.7 cm³/mol. The summed E-state index contributed by atoms with van der Waals surface area (Å²) in [7, 11) is 1.58. The lowest BCUT2D eigenvalue weighted by atomic mass is 10.0. The van der Waals surface area contributed by atoms with Crippen molar-refractivity contribution < 1.29 is 24.2 Å². The molecule has 1 aliphatic rings. The number of aliphatic hydroxyl groups is 1. The Morgan fingerprint density at radius 3 is 2.78 bits per heavy atom. The summed E-state index contributed by atoms with van der Waals surface area (Å²) in [4.78, 5) is 28.3. The highest BCUT2D eigenvalue weighted by Crippen LogP contribution is 2.26. The number of likely N-dealkylation sites (N-methyl/N-ethyl adjacent to an activating group) is 1. The Morgan fingerprint density at radius 2 is 2.15 bits per heavy atom. The summed E-state index contributed by atoms with van der Waals surface area (Å²) < 4.78 is 14.2. The summed E-state index contributed by atoms with van der Waals surface area (Å²) in [6.07, 6.45) is 0.199. The number of carboxylic acid groups (broad SMARTS) is 1. The first kappa shape index (κ1) is 18.8. The Morgan fingerprint density at radius 1 is 1.41 bits per heavy atom. The maximum absolute atomic E-state index is 14.2. The summed E-state index contributed by atoms with van der Waals surface area (Å²) in [5.74, 6) is 2.67.